The van der Waals surface area contributed by atoms with E-state index < -0.39 is 6.17 Å². The van der Waals surface area contributed by atoms with Crippen LogP contribution in [0.15, 0.2) is 89.0 Å². The first-order valence-electron chi connectivity index (χ1n) is 9.22. The normalized spacial score (nSPS) is 18.1. The zero-order valence-electron chi connectivity index (χ0n) is 15.6. The summed E-state index contributed by atoms with van der Waals surface area (Å²) in [6.07, 6.45) is -0.593. The largest absolute Gasteiger partial charge is 0.508 e. The fourth-order valence-electron chi connectivity index (χ4n) is 3.36. The molecule has 5 rings (SSSR count). The first-order chi connectivity index (χ1) is 14.6. The van der Waals surface area contributed by atoms with Gasteiger partial charge in [0.25, 0.3) is 0 Å². The van der Waals surface area contributed by atoms with Gasteiger partial charge in [0.15, 0.2) is 11.3 Å². The van der Waals surface area contributed by atoms with E-state index >= 15 is 0 Å². The number of phenols is 2. The number of rotatable bonds is 3. The van der Waals surface area contributed by atoms with Gasteiger partial charge in [0.05, 0.1) is 0 Å². The molecule has 8 heteroatoms. The summed E-state index contributed by atoms with van der Waals surface area (Å²) in [6, 6.07) is 24.0. The number of hydrogen-bond acceptors (Lipinski definition) is 6. The van der Waals surface area contributed by atoms with E-state index in [1.165, 1.54) is 23.9 Å². The Morgan fingerprint density at radius 1 is 0.900 bits per heavy atom. The maximum absolute atomic E-state index is 10.5. The van der Waals surface area contributed by atoms with Crippen LogP contribution in [-0.2, 0) is 0 Å². The van der Waals surface area contributed by atoms with E-state index in [2.05, 4.69) is 0 Å². The Kier molecular flexibility index (Phi) is 4.65. The molecule has 0 saturated carbocycles. The van der Waals surface area contributed by atoms with Gasteiger partial charge in [-0.15, -0.1) is 0 Å². The van der Waals surface area contributed by atoms with E-state index in [1.54, 1.807) is 11.1 Å². The molecule has 0 spiro atoms. The second-order valence-corrected chi connectivity index (χ2v) is 8.02. The molecular weight excluding hydrogens is 416 g/mol. The average Bonchev–Trinajstić information content (AvgIpc) is 3.20. The molecular formula is C22H16N4O2S2. The summed E-state index contributed by atoms with van der Waals surface area (Å²) in [5.41, 5.74) is 2.36. The molecule has 0 bridgehead atoms. The lowest BCUT2D eigenvalue weighted by Crippen LogP contribution is -2.47. The van der Waals surface area contributed by atoms with Crippen molar-refractivity contribution in [1.82, 2.24) is 5.01 Å². The highest BCUT2D eigenvalue weighted by Crippen LogP contribution is 2.41. The highest BCUT2D eigenvalue weighted by atomic mass is 32.2. The third-order valence-electron chi connectivity index (χ3n) is 4.77. The van der Waals surface area contributed by atoms with Gasteiger partial charge in [0.2, 0.25) is 5.11 Å². The van der Waals surface area contributed by atoms with Crippen molar-refractivity contribution < 1.29 is 10.2 Å². The van der Waals surface area contributed by atoms with Gasteiger partial charge in [-0.25, -0.2) is 4.99 Å². The SMILES string of the molecule is Oc1ccc([C@H]2N=C3SC(c4ccccc4)=NN3C(=S)N2c2ccccc2)c(O)c1. The van der Waals surface area contributed by atoms with Crippen LogP contribution in [0.3, 0.4) is 0 Å². The molecule has 3 aromatic carbocycles. The molecule has 3 aromatic rings. The van der Waals surface area contributed by atoms with Crippen LogP contribution in [0.2, 0.25) is 0 Å². The van der Waals surface area contributed by atoms with Gasteiger partial charge >= 0.3 is 0 Å². The van der Waals surface area contributed by atoms with Crippen LogP contribution in [0.25, 0.3) is 0 Å². The van der Waals surface area contributed by atoms with Gasteiger partial charge in [0, 0.05) is 22.9 Å². The summed E-state index contributed by atoms with van der Waals surface area (Å²) >= 11 is 7.25. The predicted octanol–water partition coefficient (Wildman–Crippen LogP) is 4.67. The van der Waals surface area contributed by atoms with E-state index in [0.717, 1.165) is 16.3 Å². The van der Waals surface area contributed by atoms with Crippen molar-refractivity contribution in [2.75, 3.05) is 4.90 Å². The topological polar surface area (TPSA) is 71.7 Å². The quantitative estimate of drug-likeness (QED) is 0.586. The standard InChI is InChI=1S/C22H16N4O2S2/c27-16-11-12-17(18(28)13-16)19-23-21-26(22(29)25(19)15-9-5-2-6-10-15)24-20(30-21)14-7-3-1-4-8-14/h1-13,19,27-28H/t19-/m0/s1. The second kappa shape index (κ2) is 7.47. The summed E-state index contributed by atoms with van der Waals surface area (Å²) in [5.74, 6) is -0.0613. The predicted molar refractivity (Wildman–Crippen MR) is 124 cm³/mol. The molecule has 6 nitrogen and oxygen atoms in total. The summed E-state index contributed by atoms with van der Waals surface area (Å²) in [7, 11) is 0. The number of aliphatic imine (C=N–C) groups is 1. The zero-order chi connectivity index (χ0) is 20.7. The smallest absolute Gasteiger partial charge is 0.205 e. The fourth-order valence-corrected chi connectivity index (χ4v) is 4.66. The average molecular weight is 433 g/mol. The minimum absolute atomic E-state index is 0.0138. The fraction of sp³-hybridized carbons (Fsp3) is 0.0455. The van der Waals surface area contributed by atoms with Gasteiger partial charge in [0.1, 0.15) is 16.5 Å². The van der Waals surface area contributed by atoms with Crippen molar-refractivity contribution in [3.05, 3.63) is 90.0 Å². The van der Waals surface area contributed by atoms with E-state index in [0.29, 0.717) is 15.8 Å². The summed E-state index contributed by atoms with van der Waals surface area (Å²) < 4.78 is 0. The minimum atomic E-state index is -0.593. The monoisotopic (exact) mass is 432 g/mol. The van der Waals surface area contributed by atoms with Gasteiger partial charge in [-0.2, -0.15) is 10.1 Å². The molecule has 30 heavy (non-hydrogen) atoms. The van der Waals surface area contributed by atoms with Crippen molar-refractivity contribution in [2.24, 2.45) is 10.1 Å². The molecule has 148 valence electrons. The Morgan fingerprint density at radius 2 is 1.60 bits per heavy atom. The molecule has 2 aliphatic rings. The molecule has 0 aromatic heterocycles. The molecule has 2 aliphatic heterocycles. The number of hydrazone groups is 1. The highest BCUT2D eigenvalue weighted by molar-refractivity contribution is 8.27. The summed E-state index contributed by atoms with van der Waals surface area (Å²) in [5, 5.41) is 28.5. The Balaban J connectivity index is 1.62. The van der Waals surface area contributed by atoms with Crippen LogP contribution in [-0.4, -0.2) is 30.5 Å². The molecule has 0 unspecified atom stereocenters. The molecule has 2 N–H and O–H groups in total. The van der Waals surface area contributed by atoms with Crippen LogP contribution in [0, 0.1) is 0 Å². The minimum Gasteiger partial charge on any atom is -0.508 e. The van der Waals surface area contributed by atoms with Gasteiger partial charge in [-0.1, -0.05) is 48.5 Å². The summed E-state index contributed by atoms with van der Waals surface area (Å²) in [4.78, 5) is 6.73. The molecule has 1 atom stereocenters. The highest BCUT2D eigenvalue weighted by Gasteiger charge is 2.40. The zero-order valence-corrected chi connectivity index (χ0v) is 17.2. The Hall–Kier alpha value is -3.36. The van der Waals surface area contributed by atoms with Crippen LogP contribution >= 0.6 is 24.0 Å². The molecule has 0 amide bonds. The number of thioether (sulfide) groups is 1. The molecule has 0 saturated heterocycles. The van der Waals surface area contributed by atoms with Gasteiger partial charge in [-0.3, -0.25) is 4.90 Å². The number of fused-ring (bicyclic) bond motifs is 1. The maximum Gasteiger partial charge on any atom is 0.205 e. The molecule has 0 fully saturated rings. The van der Waals surface area contributed by atoms with Crippen molar-refractivity contribution in [2.45, 2.75) is 6.17 Å². The van der Waals surface area contributed by atoms with Crippen molar-refractivity contribution in [1.29, 1.82) is 0 Å². The number of anilines is 1. The number of nitrogens with zero attached hydrogens (tertiary/aromatic N) is 4. The van der Waals surface area contributed by atoms with Crippen molar-refractivity contribution >= 4 is 45.0 Å². The number of benzene rings is 3. The Morgan fingerprint density at radius 3 is 2.30 bits per heavy atom. The lowest BCUT2D eigenvalue weighted by Gasteiger charge is -2.38. The van der Waals surface area contributed by atoms with Crippen LogP contribution < -0.4 is 4.90 Å². The molecule has 0 radical (unpaired) electrons. The van der Waals surface area contributed by atoms with Gasteiger partial charge < -0.3 is 10.2 Å². The van der Waals surface area contributed by atoms with Crippen LogP contribution in [0.1, 0.15) is 17.3 Å². The van der Waals surface area contributed by atoms with E-state index in [-0.39, 0.29) is 11.5 Å². The Labute approximate surface area is 182 Å². The van der Waals surface area contributed by atoms with Gasteiger partial charge in [-0.05, 0) is 48.2 Å². The number of phenolic OH excluding ortho intramolecular Hbond substituents is 2. The maximum atomic E-state index is 10.5. The van der Waals surface area contributed by atoms with E-state index in [9.17, 15) is 10.2 Å². The number of thiocarbonyl (C=S) groups is 1. The van der Waals surface area contributed by atoms with Crippen molar-refractivity contribution in [3.8, 4) is 11.5 Å². The lowest BCUT2D eigenvalue weighted by molar-refractivity contribution is 0.441. The first kappa shape index (κ1) is 18.7. The molecule has 0 aliphatic carbocycles. The third-order valence-corrected chi connectivity index (χ3v) is 6.11. The van der Waals surface area contributed by atoms with E-state index in [1.807, 2.05) is 65.6 Å². The Bertz CT molecular complexity index is 1180. The third kappa shape index (κ3) is 3.20. The van der Waals surface area contributed by atoms with Crippen LogP contribution in [0.5, 0.6) is 11.5 Å². The number of hydrogen-bond donors (Lipinski definition) is 2. The van der Waals surface area contributed by atoms with Crippen molar-refractivity contribution in [3.63, 3.8) is 0 Å². The number of para-hydroxylation sites is 1. The summed E-state index contributed by atoms with van der Waals surface area (Å²) in [6.45, 7) is 0. The van der Waals surface area contributed by atoms with E-state index in [4.69, 9.17) is 22.3 Å². The number of amidine groups is 1. The lowest BCUT2D eigenvalue weighted by atomic mass is 10.1. The molecule has 2 heterocycles. The second-order valence-electron chi connectivity index (χ2n) is 6.70. The van der Waals surface area contributed by atoms with Crippen LogP contribution in [0.4, 0.5) is 5.69 Å². The first-order valence-corrected chi connectivity index (χ1v) is 10.4. The number of aromatic hydroxyl groups is 2.